The van der Waals surface area contributed by atoms with E-state index in [1.165, 1.54) is 23.1 Å². The van der Waals surface area contributed by atoms with Crippen molar-refractivity contribution in [1.29, 1.82) is 0 Å². The van der Waals surface area contributed by atoms with E-state index in [2.05, 4.69) is 5.32 Å². The summed E-state index contributed by atoms with van der Waals surface area (Å²) in [6.07, 6.45) is 5.89. The first-order valence-electron chi connectivity index (χ1n) is 12.0. The number of aromatic carboxylic acids is 1. The molecule has 1 aliphatic heterocycles. The van der Waals surface area contributed by atoms with E-state index >= 15 is 0 Å². The largest absolute Gasteiger partial charge is 0.490 e. The number of rotatable bonds is 8. The van der Waals surface area contributed by atoms with Crippen LogP contribution in [0.4, 0.5) is 4.79 Å². The summed E-state index contributed by atoms with van der Waals surface area (Å²) < 4.78 is 11.6. The number of ether oxygens (including phenoxy) is 2. The van der Waals surface area contributed by atoms with Crippen molar-refractivity contribution >= 4 is 29.9 Å². The van der Waals surface area contributed by atoms with Crippen LogP contribution in [0.2, 0.25) is 0 Å². The van der Waals surface area contributed by atoms with Crippen molar-refractivity contribution in [3.05, 3.63) is 64.7 Å². The molecule has 9 heteroatoms. The summed E-state index contributed by atoms with van der Waals surface area (Å²) in [5.41, 5.74) is 1.42. The first kappa shape index (κ1) is 25.0. The molecule has 36 heavy (non-hydrogen) atoms. The molecule has 2 aromatic rings. The third-order valence-electron chi connectivity index (χ3n) is 6.25. The predicted molar refractivity (Wildman–Crippen MR) is 131 cm³/mol. The smallest absolute Gasteiger partial charge is 0.335 e. The van der Waals surface area contributed by atoms with Gasteiger partial charge in [0.05, 0.1) is 12.2 Å². The van der Waals surface area contributed by atoms with Crippen molar-refractivity contribution in [3.8, 4) is 11.5 Å². The Kier molecular flexibility index (Phi) is 7.68. The second-order valence-electron chi connectivity index (χ2n) is 8.71. The molecule has 1 saturated carbocycles. The Hall–Kier alpha value is -4.14. The van der Waals surface area contributed by atoms with Crippen LogP contribution in [0, 0.1) is 0 Å². The third-order valence-corrected chi connectivity index (χ3v) is 6.25. The van der Waals surface area contributed by atoms with Gasteiger partial charge >= 0.3 is 12.0 Å². The van der Waals surface area contributed by atoms with Crippen molar-refractivity contribution in [1.82, 2.24) is 10.2 Å². The van der Waals surface area contributed by atoms with Crippen LogP contribution in [-0.4, -0.2) is 46.5 Å². The summed E-state index contributed by atoms with van der Waals surface area (Å²) in [5.74, 6) is -1.42. The quantitative estimate of drug-likeness (QED) is 0.419. The molecule has 2 fully saturated rings. The van der Waals surface area contributed by atoms with E-state index in [1.54, 1.807) is 30.3 Å². The first-order chi connectivity index (χ1) is 17.4. The number of nitrogens with one attached hydrogen (secondary N) is 1. The van der Waals surface area contributed by atoms with Crippen LogP contribution in [0.1, 0.15) is 60.5 Å². The number of hydrogen-bond acceptors (Lipinski definition) is 6. The van der Waals surface area contributed by atoms with E-state index in [9.17, 15) is 19.2 Å². The summed E-state index contributed by atoms with van der Waals surface area (Å²) in [6, 6.07) is 10.5. The summed E-state index contributed by atoms with van der Waals surface area (Å²) >= 11 is 0. The topological polar surface area (TPSA) is 122 Å². The van der Waals surface area contributed by atoms with Crippen LogP contribution < -0.4 is 14.8 Å². The molecule has 0 atom stereocenters. The van der Waals surface area contributed by atoms with Crippen LogP contribution in [0.3, 0.4) is 0 Å². The van der Waals surface area contributed by atoms with Gasteiger partial charge in [-0.25, -0.2) is 9.59 Å². The number of barbiturate groups is 1. The Morgan fingerprint density at radius 2 is 1.75 bits per heavy atom. The van der Waals surface area contributed by atoms with Crippen LogP contribution >= 0.6 is 0 Å². The van der Waals surface area contributed by atoms with Crippen LogP contribution in [-0.2, 0) is 16.2 Å². The van der Waals surface area contributed by atoms with Crippen molar-refractivity contribution < 1.29 is 33.8 Å². The van der Waals surface area contributed by atoms with Gasteiger partial charge in [0.1, 0.15) is 12.2 Å². The van der Waals surface area contributed by atoms with Crippen molar-refractivity contribution in [2.75, 3.05) is 6.61 Å². The van der Waals surface area contributed by atoms with Crippen LogP contribution in [0.15, 0.2) is 48.0 Å². The minimum absolute atomic E-state index is 0.102. The molecule has 0 bridgehead atoms. The molecule has 9 nitrogen and oxygen atoms in total. The predicted octanol–water partition coefficient (Wildman–Crippen LogP) is 4.16. The lowest BCUT2D eigenvalue weighted by atomic mass is 9.93. The number of benzene rings is 2. The molecule has 0 unspecified atom stereocenters. The van der Waals surface area contributed by atoms with E-state index in [0.29, 0.717) is 23.7 Å². The zero-order chi connectivity index (χ0) is 25.7. The molecule has 0 radical (unpaired) electrons. The second kappa shape index (κ2) is 11.1. The molecule has 0 aromatic heterocycles. The van der Waals surface area contributed by atoms with Crippen LogP contribution in [0.25, 0.3) is 6.08 Å². The number of carboxylic acids is 1. The Labute approximate surface area is 208 Å². The van der Waals surface area contributed by atoms with Gasteiger partial charge < -0.3 is 14.6 Å². The van der Waals surface area contributed by atoms with Gasteiger partial charge in [0.25, 0.3) is 11.8 Å². The molecular formula is C27H28N2O7. The SMILES string of the molecule is CCOc1cc(C=C2C(=O)NC(=O)N(C3CCCCC3)C2=O)ccc1OCc1ccc(C(=O)O)cc1. The average molecular weight is 493 g/mol. The number of amides is 4. The summed E-state index contributed by atoms with van der Waals surface area (Å²) in [7, 11) is 0. The van der Waals surface area contributed by atoms with Gasteiger partial charge in [0.15, 0.2) is 11.5 Å². The average Bonchev–Trinajstić information content (AvgIpc) is 2.87. The maximum absolute atomic E-state index is 13.1. The minimum atomic E-state index is -0.998. The number of hydrogen-bond donors (Lipinski definition) is 2. The van der Waals surface area contributed by atoms with Crippen molar-refractivity contribution in [3.63, 3.8) is 0 Å². The zero-order valence-corrected chi connectivity index (χ0v) is 20.0. The molecule has 2 aliphatic rings. The van der Waals surface area contributed by atoms with E-state index in [4.69, 9.17) is 14.6 Å². The van der Waals surface area contributed by atoms with Crippen molar-refractivity contribution in [2.45, 2.75) is 51.7 Å². The molecule has 4 rings (SSSR count). The lowest BCUT2D eigenvalue weighted by Gasteiger charge is -2.35. The Bertz CT molecular complexity index is 1200. The Morgan fingerprint density at radius 1 is 1.03 bits per heavy atom. The monoisotopic (exact) mass is 492 g/mol. The Morgan fingerprint density at radius 3 is 2.42 bits per heavy atom. The fourth-order valence-electron chi connectivity index (χ4n) is 4.42. The van der Waals surface area contributed by atoms with Gasteiger partial charge in [-0.15, -0.1) is 0 Å². The van der Waals surface area contributed by atoms with Crippen molar-refractivity contribution in [2.24, 2.45) is 0 Å². The number of urea groups is 1. The molecule has 1 aliphatic carbocycles. The number of carboxylic acid groups (broad SMARTS) is 1. The van der Waals surface area contributed by atoms with E-state index in [1.807, 2.05) is 6.92 Å². The zero-order valence-electron chi connectivity index (χ0n) is 20.0. The lowest BCUT2D eigenvalue weighted by Crippen LogP contribution is -2.58. The van der Waals surface area contributed by atoms with E-state index in [-0.39, 0.29) is 23.8 Å². The molecule has 188 valence electrons. The maximum atomic E-state index is 13.1. The van der Waals surface area contributed by atoms with E-state index in [0.717, 1.165) is 37.7 Å². The highest BCUT2D eigenvalue weighted by Gasteiger charge is 2.40. The van der Waals surface area contributed by atoms with Gasteiger partial charge in [0.2, 0.25) is 0 Å². The molecule has 0 spiro atoms. The standard InChI is InChI=1S/C27H28N2O7/c1-2-35-23-15-18(10-13-22(23)36-16-17-8-11-19(12-9-17)26(32)33)14-21-24(30)28-27(34)29(25(21)31)20-6-4-3-5-7-20/h8-15,20H,2-7,16H2,1H3,(H,32,33)(H,28,30,34). The molecule has 1 heterocycles. The van der Waals surface area contributed by atoms with Crippen LogP contribution in [0.5, 0.6) is 11.5 Å². The van der Waals surface area contributed by atoms with Gasteiger partial charge in [0, 0.05) is 6.04 Å². The number of nitrogens with zero attached hydrogens (tertiary/aromatic N) is 1. The highest BCUT2D eigenvalue weighted by Crippen LogP contribution is 2.31. The lowest BCUT2D eigenvalue weighted by molar-refractivity contribution is -0.132. The number of carbonyl (C=O) groups excluding carboxylic acids is 3. The summed E-state index contributed by atoms with van der Waals surface area (Å²) in [5, 5.41) is 11.3. The first-order valence-corrected chi connectivity index (χ1v) is 12.0. The molecule has 4 amide bonds. The third kappa shape index (κ3) is 5.56. The number of imide groups is 2. The van der Waals surface area contributed by atoms with E-state index < -0.39 is 23.8 Å². The molecule has 2 N–H and O–H groups in total. The highest BCUT2D eigenvalue weighted by molar-refractivity contribution is 6.31. The minimum Gasteiger partial charge on any atom is -0.490 e. The fraction of sp³-hybridized carbons (Fsp3) is 0.333. The second-order valence-corrected chi connectivity index (χ2v) is 8.71. The number of carbonyl (C=O) groups is 4. The molecular weight excluding hydrogens is 464 g/mol. The van der Waals surface area contributed by atoms with Gasteiger partial charge in [-0.2, -0.15) is 0 Å². The molecule has 1 saturated heterocycles. The maximum Gasteiger partial charge on any atom is 0.335 e. The van der Waals surface area contributed by atoms with Gasteiger partial charge in [-0.05, 0) is 61.2 Å². The summed E-state index contributed by atoms with van der Waals surface area (Å²) in [4.78, 5) is 50.3. The van der Waals surface area contributed by atoms with Gasteiger partial charge in [-0.3, -0.25) is 19.8 Å². The summed E-state index contributed by atoms with van der Waals surface area (Å²) in [6.45, 7) is 2.39. The molecule has 2 aromatic carbocycles. The normalized spacial score (nSPS) is 17.8. The fourth-order valence-corrected chi connectivity index (χ4v) is 4.42. The highest BCUT2D eigenvalue weighted by atomic mass is 16.5. The Balaban J connectivity index is 1.54. The van der Waals surface area contributed by atoms with Gasteiger partial charge in [-0.1, -0.05) is 37.5 Å².